The predicted molar refractivity (Wildman–Crippen MR) is 55.2 cm³/mol. The van der Waals surface area contributed by atoms with Crippen LogP contribution in [0.1, 0.15) is 5.56 Å². The Morgan fingerprint density at radius 3 is 2.57 bits per heavy atom. The maximum atomic E-state index is 9.65. The van der Waals surface area contributed by atoms with Crippen LogP contribution in [0.5, 0.6) is 11.5 Å². The van der Waals surface area contributed by atoms with Gasteiger partial charge in [0.1, 0.15) is 11.5 Å². The summed E-state index contributed by atoms with van der Waals surface area (Å²) in [6.45, 7) is 0.374. The molecule has 0 aromatic heterocycles. The van der Waals surface area contributed by atoms with E-state index in [-0.39, 0.29) is 11.5 Å². The van der Waals surface area contributed by atoms with E-state index in [0.717, 1.165) is 10.9 Å². The third kappa shape index (κ3) is 1.28. The second-order valence-corrected chi connectivity index (χ2v) is 3.19. The zero-order valence-electron chi connectivity index (χ0n) is 7.57. The van der Waals surface area contributed by atoms with Crippen LogP contribution in [0.4, 0.5) is 0 Å². The molecule has 0 atom stereocenters. The summed E-state index contributed by atoms with van der Waals surface area (Å²) in [4.78, 5) is 0. The van der Waals surface area contributed by atoms with E-state index in [1.807, 2.05) is 12.1 Å². The Balaban J connectivity index is 2.83. The van der Waals surface area contributed by atoms with Crippen LogP contribution in [0.2, 0.25) is 0 Å². The minimum Gasteiger partial charge on any atom is -0.507 e. The highest BCUT2D eigenvalue weighted by molar-refractivity contribution is 5.93. The quantitative estimate of drug-likeness (QED) is 0.639. The number of benzene rings is 2. The maximum Gasteiger partial charge on any atom is 0.127 e. The fourth-order valence-electron chi connectivity index (χ4n) is 1.56. The highest BCUT2D eigenvalue weighted by Crippen LogP contribution is 2.33. The summed E-state index contributed by atoms with van der Waals surface area (Å²) in [6.07, 6.45) is 0. The van der Waals surface area contributed by atoms with Gasteiger partial charge in [0.25, 0.3) is 0 Å². The molecule has 4 N–H and O–H groups in total. The maximum absolute atomic E-state index is 9.65. The van der Waals surface area contributed by atoms with E-state index in [0.29, 0.717) is 11.9 Å². The normalized spacial score (nSPS) is 10.6. The third-order valence-corrected chi connectivity index (χ3v) is 2.23. The molecule has 0 fully saturated rings. The van der Waals surface area contributed by atoms with Gasteiger partial charge in [-0.15, -0.1) is 0 Å². The van der Waals surface area contributed by atoms with Crippen LogP contribution in [-0.2, 0) is 6.54 Å². The molecule has 0 aliphatic rings. The Morgan fingerprint density at radius 1 is 1.07 bits per heavy atom. The van der Waals surface area contributed by atoms with E-state index in [1.165, 1.54) is 0 Å². The minimum absolute atomic E-state index is 0.0704. The van der Waals surface area contributed by atoms with E-state index < -0.39 is 0 Å². The summed E-state index contributed by atoms with van der Waals surface area (Å²) in [5.74, 6) is 0.157. The Kier molecular flexibility index (Phi) is 2.02. The molecule has 0 bridgehead atoms. The predicted octanol–water partition coefficient (Wildman–Crippen LogP) is 1.71. The van der Waals surface area contributed by atoms with Gasteiger partial charge < -0.3 is 15.9 Å². The van der Waals surface area contributed by atoms with Crippen molar-refractivity contribution in [2.45, 2.75) is 6.54 Å². The molecule has 0 aliphatic heterocycles. The number of hydrogen-bond acceptors (Lipinski definition) is 3. The van der Waals surface area contributed by atoms with Gasteiger partial charge in [0.2, 0.25) is 0 Å². The van der Waals surface area contributed by atoms with Gasteiger partial charge in [-0.25, -0.2) is 0 Å². The lowest BCUT2D eigenvalue weighted by molar-refractivity contribution is 0.463. The van der Waals surface area contributed by atoms with Crippen LogP contribution < -0.4 is 5.73 Å². The Morgan fingerprint density at radius 2 is 1.86 bits per heavy atom. The second-order valence-electron chi connectivity index (χ2n) is 3.19. The van der Waals surface area contributed by atoms with E-state index in [9.17, 15) is 10.2 Å². The highest BCUT2D eigenvalue weighted by Gasteiger charge is 2.05. The van der Waals surface area contributed by atoms with Crippen molar-refractivity contribution in [1.82, 2.24) is 0 Å². The molecule has 2 aromatic rings. The van der Waals surface area contributed by atoms with Crippen LogP contribution in [0.15, 0.2) is 30.3 Å². The fraction of sp³-hybridized carbons (Fsp3) is 0.0909. The number of phenols is 2. The van der Waals surface area contributed by atoms with Crippen molar-refractivity contribution < 1.29 is 10.2 Å². The van der Waals surface area contributed by atoms with E-state index in [2.05, 4.69) is 0 Å². The first-order valence-corrected chi connectivity index (χ1v) is 4.36. The number of hydrogen-bond donors (Lipinski definition) is 3. The molecule has 0 amide bonds. The van der Waals surface area contributed by atoms with Gasteiger partial charge in [0.05, 0.1) is 5.39 Å². The van der Waals surface area contributed by atoms with E-state index in [4.69, 9.17) is 5.73 Å². The molecule has 0 radical (unpaired) electrons. The Labute approximate surface area is 81.4 Å². The first-order valence-electron chi connectivity index (χ1n) is 4.36. The molecule has 2 aromatic carbocycles. The first kappa shape index (κ1) is 8.84. The first-order chi connectivity index (χ1) is 6.72. The zero-order valence-corrected chi connectivity index (χ0v) is 7.57. The molecule has 3 nitrogen and oxygen atoms in total. The van der Waals surface area contributed by atoms with E-state index in [1.54, 1.807) is 18.2 Å². The fourth-order valence-corrected chi connectivity index (χ4v) is 1.56. The zero-order chi connectivity index (χ0) is 10.1. The summed E-state index contributed by atoms with van der Waals surface area (Å²) in [6, 6.07) is 8.53. The summed E-state index contributed by atoms with van der Waals surface area (Å²) in [7, 11) is 0. The summed E-state index contributed by atoms with van der Waals surface area (Å²) >= 11 is 0. The van der Waals surface area contributed by atoms with Crippen molar-refractivity contribution in [2.24, 2.45) is 5.73 Å². The molecule has 3 heteroatoms. The Bertz CT molecular complexity index is 480. The molecule has 72 valence electrons. The van der Waals surface area contributed by atoms with Crippen LogP contribution in [-0.4, -0.2) is 10.2 Å². The summed E-state index contributed by atoms with van der Waals surface area (Å²) in [5, 5.41) is 20.4. The van der Waals surface area contributed by atoms with Gasteiger partial charge in [0.15, 0.2) is 0 Å². The lowest BCUT2D eigenvalue weighted by Gasteiger charge is -2.05. The number of nitrogens with two attached hydrogens (primary N) is 1. The van der Waals surface area contributed by atoms with Crippen LogP contribution in [0.3, 0.4) is 0 Å². The molecule has 0 spiro atoms. The van der Waals surface area contributed by atoms with Crippen molar-refractivity contribution in [1.29, 1.82) is 0 Å². The van der Waals surface area contributed by atoms with Crippen molar-refractivity contribution in [2.75, 3.05) is 0 Å². The number of phenolic OH excluding ortho intramolecular Hbond substituents is 2. The summed E-state index contributed by atoms with van der Waals surface area (Å²) in [5.41, 5.74) is 6.32. The lowest BCUT2D eigenvalue weighted by atomic mass is 10.1. The van der Waals surface area contributed by atoms with Gasteiger partial charge in [-0.05, 0) is 29.1 Å². The molecule has 0 aliphatic carbocycles. The van der Waals surface area contributed by atoms with Gasteiger partial charge in [-0.1, -0.05) is 12.1 Å². The molecular weight excluding hydrogens is 178 g/mol. The standard InChI is InChI=1S/C11H11NO2/c12-6-7-4-8-2-1-3-9(13)11(8)10(14)5-7/h1-5,13-14H,6,12H2. The van der Waals surface area contributed by atoms with Crippen molar-refractivity contribution in [3.63, 3.8) is 0 Å². The minimum atomic E-state index is 0.0704. The SMILES string of the molecule is NCc1cc(O)c2c(O)cccc2c1. The van der Waals surface area contributed by atoms with Crippen LogP contribution >= 0.6 is 0 Å². The van der Waals surface area contributed by atoms with Crippen molar-refractivity contribution in [3.05, 3.63) is 35.9 Å². The van der Waals surface area contributed by atoms with Crippen molar-refractivity contribution >= 4 is 10.8 Å². The molecular formula is C11H11NO2. The third-order valence-electron chi connectivity index (χ3n) is 2.23. The largest absolute Gasteiger partial charge is 0.507 e. The molecule has 0 saturated heterocycles. The average molecular weight is 189 g/mol. The molecule has 0 saturated carbocycles. The monoisotopic (exact) mass is 189 g/mol. The summed E-state index contributed by atoms with van der Waals surface area (Å²) < 4.78 is 0. The molecule has 14 heavy (non-hydrogen) atoms. The average Bonchev–Trinajstić information content (AvgIpc) is 2.17. The van der Waals surface area contributed by atoms with Gasteiger partial charge in [0, 0.05) is 6.54 Å². The number of rotatable bonds is 1. The number of aromatic hydroxyl groups is 2. The molecule has 0 unspecified atom stereocenters. The lowest BCUT2D eigenvalue weighted by Crippen LogP contribution is -1.95. The van der Waals surface area contributed by atoms with E-state index >= 15 is 0 Å². The van der Waals surface area contributed by atoms with Crippen LogP contribution in [0.25, 0.3) is 10.8 Å². The highest BCUT2D eigenvalue weighted by atomic mass is 16.3. The molecule has 0 heterocycles. The van der Waals surface area contributed by atoms with Gasteiger partial charge in [-0.3, -0.25) is 0 Å². The van der Waals surface area contributed by atoms with Crippen LogP contribution in [0, 0.1) is 0 Å². The van der Waals surface area contributed by atoms with Gasteiger partial charge >= 0.3 is 0 Å². The second kappa shape index (κ2) is 3.20. The topological polar surface area (TPSA) is 66.5 Å². The van der Waals surface area contributed by atoms with Gasteiger partial charge in [-0.2, -0.15) is 0 Å². The van der Waals surface area contributed by atoms with Crippen molar-refractivity contribution in [3.8, 4) is 11.5 Å². The number of fused-ring (bicyclic) bond motifs is 1. The smallest absolute Gasteiger partial charge is 0.127 e. The molecule has 2 rings (SSSR count). The Hall–Kier alpha value is -1.74.